The van der Waals surface area contributed by atoms with Crippen molar-refractivity contribution in [2.45, 2.75) is 38.8 Å². The lowest BCUT2D eigenvalue weighted by Crippen LogP contribution is -2.28. The summed E-state index contributed by atoms with van der Waals surface area (Å²) in [6.45, 7) is 4.44. The van der Waals surface area contributed by atoms with Crippen LogP contribution >= 0.6 is 0 Å². The van der Waals surface area contributed by atoms with Crippen molar-refractivity contribution in [3.63, 3.8) is 0 Å². The molecule has 3 rings (SSSR count). The van der Waals surface area contributed by atoms with Crippen LogP contribution in [0.15, 0.2) is 28.7 Å². The van der Waals surface area contributed by atoms with Crippen LogP contribution < -0.4 is 5.32 Å². The van der Waals surface area contributed by atoms with Crippen LogP contribution in [0.1, 0.15) is 41.0 Å². The number of carbonyl (C=O) groups excluding carboxylic acids is 1. The van der Waals surface area contributed by atoms with E-state index in [-0.39, 0.29) is 11.6 Å². The molecule has 3 heterocycles. The molecule has 2 aromatic heterocycles. The van der Waals surface area contributed by atoms with Crippen LogP contribution in [0, 0.1) is 26.2 Å². The second-order valence-electron chi connectivity index (χ2n) is 6.38. The lowest BCUT2D eigenvalue weighted by molar-refractivity contribution is 0.0951. The molecule has 1 aliphatic rings. The van der Waals surface area contributed by atoms with Crippen LogP contribution in [0.4, 0.5) is 0 Å². The van der Waals surface area contributed by atoms with Crippen molar-refractivity contribution in [3.8, 4) is 18.0 Å². The normalized spacial score (nSPS) is 14.3. The van der Waals surface area contributed by atoms with Gasteiger partial charge < -0.3 is 9.88 Å². The molecule has 0 aromatic carbocycles. The van der Waals surface area contributed by atoms with Crippen molar-refractivity contribution in [1.82, 2.24) is 19.7 Å². The molecule has 0 saturated heterocycles. The van der Waals surface area contributed by atoms with E-state index in [9.17, 15) is 4.79 Å². The van der Waals surface area contributed by atoms with Gasteiger partial charge in [0.15, 0.2) is 5.66 Å². The Balaban J connectivity index is 1.64. The van der Waals surface area contributed by atoms with E-state index in [1.54, 1.807) is 10.9 Å². The summed E-state index contributed by atoms with van der Waals surface area (Å²) in [4.78, 5) is 12.5. The monoisotopic (exact) mass is 338 g/mol. The molecule has 2 aromatic rings. The standard InChI is InChI=1S/C18H22N6O/c1-5-6-7-18(21-22-18)8-9-19-17(25)16-10-13(2)24(14(16)3)15-11-20-23(4)12-15/h1,10-12H,6-9H2,2-4H3,(H,19,25). The molecular weight excluding hydrogens is 316 g/mol. The zero-order valence-electron chi connectivity index (χ0n) is 14.8. The molecule has 1 amide bonds. The molecule has 0 atom stereocenters. The highest BCUT2D eigenvalue weighted by atomic mass is 16.1. The maximum absolute atomic E-state index is 12.5. The first kappa shape index (κ1) is 17.0. The summed E-state index contributed by atoms with van der Waals surface area (Å²) in [5, 5.41) is 15.3. The Morgan fingerprint density at radius 1 is 1.36 bits per heavy atom. The largest absolute Gasteiger partial charge is 0.352 e. The maximum Gasteiger partial charge on any atom is 0.253 e. The van der Waals surface area contributed by atoms with Gasteiger partial charge in [-0.2, -0.15) is 15.3 Å². The van der Waals surface area contributed by atoms with E-state index in [2.05, 4.69) is 26.6 Å². The van der Waals surface area contributed by atoms with E-state index in [0.717, 1.165) is 23.5 Å². The number of nitrogens with zero attached hydrogens (tertiary/aromatic N) is 5. The fraction of sp³-hybridized carbons (Fsp3) is 0.444. The van der Waals surface area contributed by atoms with E-state index in [1.165, 1.54) is 0 Å². The van der Waals surface area contributed by atoms with E-state index >= 15 is 0 Å². The number of aromatic nitrogens is 3. The fourth-order valence-corrected chi connectivity index (χ4v) is 3.05. The summed E-state index contributed by atoms with van der Waals surface area (Å²) in [6.07, 6.45) is 11.1. The van der Waals surface area contributed by atoms with Crippen LogP contribution in [0.2, 0.25) is 0 Å². The minimum Gasteiger partial charge on any atom is -0.352 e. The smallest absolute Gasteiger partial charge is 0.253 e. The van der Waals surface area contributed by atoms with Crippen LogP contribution in [-0.4, -0.2) is 32.5 Å². The second-order valence-corrected chi connectivity index (χ2v) is 6.38. The quantitative estimate of drug-likeness (QED) is 0.788. The van der Waals surface area contributed by atoms with Crippen molar-refractivity contribution in [1.29, 1.82) is 0 Å². The lowest BCUT2D eigenvalue weighted by Gasteiger charge is -2.10. The molecule has 0 bridgehead atoms. The number of rotatable bonds is 7. The fourth-order valence-electron chi connectivity index (χ4n) is 3.05. The molecule has 0 fully saturated rings. The third kappa shape index (κ3) is 3.48. The van der Waals surface area contributed by atoms with E-state index in [4.69, 9.17) is 6.42 Å². The third-order valence-corrected chi connectivity index (χ3v) is 4.49. The highest BCUT2D eigenvalue weighted by Crippen LogP contribution is 2.36. The molecule has 0 unspecified atom stereocenters. The Hall–Kier alpha value is -2.88. The first-order valence-corrected chi connectivity index (χ1v) is 8.29. The molecule has 0 saturated carbocycles. The highest BCUT2D eigenvalue weighted by Gasteiger charge is 2.38. The van der Waals surface area contributed by atoms with Gasteiger partial charge in [0.05, 0.1) is 17.4 Å². The Morgan fingerprint density at radius 2 is 2.12 bits per heavy atom. The Kier molecular flexibility index (Phi) is 4.45. The predicted octanol–water partition coefficient (Wildman–Crippen LogP) is 2.52. The van der Waals surface area contributed by atoms with Gasteiger partial charge >= 0.3 is 0 Å². The number of hydrogen-bond acceptors (Lipinski definition) is 4. The van der Waals surface area contributed by atoms with Gasteiger partial charge in [-0.25, -0.2) is 0 Å². The number of nitrogens with one attached hydrogen (secondary N) is 1. The molecule has 0 spiro atoms. The molecule has 7 heteroatoms. The van der Waals surface area contributed by atoms with Gasteiger partial charge in [0.1, 0.15) is 0 Å². The Labute approximate surface area is 147 Å². The SMILES string of the molecule is C#CCCC1(CCNC(=O)c2cc(C)n(-c3cnn(C)c3)c2C)N=N1. The van der Waals surface area contributed by atoms with E-state index in [0.29, 0.717) is 24.9 Å². The van der Waals surface area contributed by atoms with Gasteiger partial charge in [0, 0.05) is 50.4 Å². The Morgan fingerprint density at radius 3 is 2.72 bits per heavy atom. The molecule has 25 heavy (non-hydrogen) atoms. The highest BCUT2D eigenvalue weighted by molar-refractivity contribution is 5.95. The van der Waals surface area contributed by atoms with Gasteiger partial charge in [-0.05, 0) is 19.9 Å². The molecule has 0 aliphatic carbocycles. The minimum absolute atomic E-state index is 0.0870. The summed E-state index contributed by atoms with van der Waals surface area (Å²) in [5.41, 5.74) is 3.13. The number of carbonyl (C=O) groups is 1. The topological polar surface area (TPSA) is 76.6 Å². The Bertz CT molecular complexity index is 861. The van der Waals surface area contributed by atoms with Gasteiger partial charge in [-0.15, -0.1) is 12.3 Å². The van der Waals surface area contributed by atoms with Crippen LogP contribution in [0.25, 0.3) is 5.69 Å². The maximum atomic E-state index is 12.5. The zero-order chi connectivity index (χ0) is 18.0. The molecule has 0 radical (unpaired) electrons. The predicted molar refractivity (Wildman–Crippen MR) is 94.6 cm³/mol. The number of amides is 1. The summed E-state index contributed by atoms with van der Waals surface area (Å²) in [7, 11) is 1.87. The van der Waals surface area contributed by atoms with Gasteiger partial charge in [-0.1, -0.05) is 0 Å². The third-order valence-electron chi connectivity index (χ3n) is 4.49. The van der Waals surface area contributed by atoms with E-state index in [1.807, 2.05) is 37.7 Å². The average Bonchev–Trinajstić information content (AvgIpc) is 3.12. The molecule has 7 nitrogen and oxygen atoms in total. The summed E-state index contributed by atoms with van der Waals surface area (Å²) >= 11 is 0. The van der Waals surface area contributed by atoms with Crippen molar-refractivity contribution in [3.05, 3.63) is 35.4 Å². The van der Waals surface area contributed by atoms with Crippen molar-refractivity contribution < 1.29 is 4.79 Å². The molecule has 1 aliphatic heterocycles. The zero-order valence-corrected chi connectivity index (χ0v) is 14.8. The van der Waals surface area contributed by atoms with Crippen molar-refractivity contribution >= 4 is 5.91 Å². The van der Waals surface area contributed by atoms with Crippen LogP contribution in [0.5, 0.6) is 0 Å². The molecular formula is C18H22N6O. The lowest BCUT2D eigenvalue weighted by atomic mass is 10.0. The minimum atomic E-state index is -0.369. The van der Waals surface area contributed by atoms with Gasteiger partial charge in [0.25, 0.3) is 5.91 Å². The summed E-state index contributed by atoms with van der Waals surface area (Å²) in [6, 6.07) is 1.90. The summed E-state index contributed by atoms with van der Waals surface area (Å²) < 4.78 is 3.77. The molecule has 1 N–H and O–H groups in total. The number of aryl methyl sites for hydroxylation is 2. The van der Waals surface area contributed by atoms with E-state index < -0.39 is 0 Å². The first-order valence-electron chi connectivity index (χ1n) is 8.29. The van der Waals surface area contributed by atoms with Crippen LogP contribution in [0.3, 0.4) is 0 Å². The first-order chi connectivity index (χ1) is 12.0. The molecule has 130 valence electrons. The van der Waals surface area contributed by atoms with Crippen LogP contribution in [-0.2, 0) is 7.05 Å². The second kappa shape index (κ2) is 6.55. The van der Waals surface area contributed by atoms with Gasteiger partial charge in [-0.3, -0.25) is 9.48 Å². The number of terminal acetylenes is 1. The summed E-state index contributed by atoms with van der Waals surface area (Å²) in [5.74, 6) is 2.52. The average molecular weight is 338 g/mol. The van der Waals surface area contributed by atoms with Gasteiger partial charge in [0.2, 0.25) is 0 Å². The van der Waals surface area contributed by atoms with Crippen molar-refractivity contribution in [2.24, 2.45) is 17.3 Å². The van der Waals surface area contributed by atoms with Crippen molar-refractivity contribution in [2.75, 3.05) is 6.54 Å². The number of hydrogen-bond donors (Lipinski definition) is 1.